The number of rotatable bonds is 7. The van der Waals surface area contributed by atoms with Crippen molar-refractivity contribution in [1.82, 2.24) is 5.32 Å². The Morgan fingerprint density at radius 3 is 2.46 bits per heavy atom. The average molecular weight is 326 g/mol. The molecule has 0 saturated heterocycles. The lowest BCUT2D eigenvalue weighted by atomic mass is 10.1. The van der Waals surface area contributed by atoms with Crippen molar-refractivity contribution >= 4 is 11.6 Å². The van der Waals surface area contributed by atoms with Crippen LogP contribution in [0.5, 0.6) is 5.75 Å². The second-order valence-electron chi connectivity index (χ2n) is 6.10. The summed E-state index contributed by atoms with van der Waals surface area (Å²) in [7, 11) is 0. The number of hydrogen-bond donors (Lipinski definition) is 2. The first-order valence-electron chi connectivity index (χ1n) is 8.44. The number of carbonyl (C=O) groups excluding carboxylic acids is 1. The first kappa shape index (κ1) is 17.9. The van der Waals surface area contributed by atoms with Gasteiger partial charge in [-0.05, 0) is 69.2 Å². The van der Waals surface area contributed by atoms with Crippen LogP contribution in [0.1, 0.15) is 36.7 Å². The van der Waals surface area contributed by atoms with Crippen molar-refractivity contribution in [2.24, 2.45) is 0 Å². The predicted octanol–water partition coefficient (Wildman–Crippen LogP) is 3.60. The molecule has 0 heterocycles. The van der Waals surface area contributed by atoms with Gasteiger partial charge in [-0.2, -0.15) is 0 Å². The van der Waals surface area contributed by atoms with E-state index in [9.17, 15) is 9.90 Å². The summed E-state index contributed by atoms with van der Waals surface area (Å²) < 4.78 is 0. The van der Waals surface area contributed by atoms with Gasteiger partial charge in [-0.3, -0.25) is 4.79 Å². The summed E-state index contributed by atoms with van der Waals surface area (Å²) in [5, 5.41) is 12.4. The van der Waals surface area contributed by atoms with Crippen LogP contribution in [-0.2, 0) is 6.42 Å². The summed E-state index contributed by atoms with van der Waals surface area (Å²) in [6, 6.07) is 15.2. The fourth-order valence-electron chi connectivity index (χ4n) is 2.78. The van der Waals surface area contributed by atoms with Crippen molar-refractivity contribution in [3.63, 3.8) is 0 Å². The average Bonchev–Trinajstić information content (AvgIpc) is 2.56. The Labute approximate surface area is 144 Å². The van der Waals surface area contributed by atoms with E-state index in [1.54, 1.807) is 18.2 Å². The Morgan fingerprint density at radius 1 is 1.17 bits per heavy atom. The molecule has 4 nitrogen and oxygen atoms in total. The highest BCUT2D eigenvalue weighted by molar-refractivity contribution is 5.94. The molecule has 0 bridgehead atoms. The van der Waals surface area contributed by atoms with E-state index < -0.39 is 0 Å². The number of anilines is 1. The highest BCUT2D eigenvalue weighted by Crippen LogP contribution is 2.17. The maximum Gasteiger partial charge on any atom is 0.251 e. The van der Waals surface area contributed by atoms with E-state index in [4.69, 9.17) is 0 Å². The lowest BCUT2D eigenvalue weighted by Crippen LogP contribution is -2.30. The molecule has 2 rings (SSSR count). The Balaban J connectivity index is 1.90. The van der Waals surface area contributed by atoms with Crippen LogP contribution in [0.2, 0.25) is 0 Å². The summed E-state index contributed by atoms with van der Waals surface area (Å²) in [4.78, 5) is 14.5. The molecule has 2 aromatic rings. The fraction of sp³-hybridized carbons (Fsp3) is 0.350. The summed E-state index contributed by atoms with van der Waals surface area (Å²) in [5.41, 5.74) is 2.79. The number of amides is 1. The number of aromatic hydroxyl groups is 1. The molecule has 128 valence electrons. The minimum Gasteiger partial charge on any atom is -0.508 e. The van der Waals surface area contributed by atoms with Gasteiger partial charge in [-0.25, -0.2) is 0 Å². The number of carbonyl (C=O) groups is 1. The van der Waals surface area contributed by atoms with Crippen molar-refractivity contribution in [2.75, 3.05) is 18.0 Å². The van der Waals surface area contributed by atoms with E-state index in [2.05, 4.69) is 31.0 Å². The van der Waals surface area contributed by atoms with Crippen LogP contribution < -0.4 is 10.2 Å². The van der Waals surface area contributed by atoms with Crippen LogP contribution in [0.4, 0.5) is 5.69 Å². The maximum absolute atomic E-state index is 12.2. The third-order valence-corrected chi connectivity index (χ3v) is 4.03. The van der Waals surface area contributed by atoms with Gasteiger partial charge in [-0.15, -0.1) is 0 Å². The van der Waals surface area contributed by atoms with Gasteiger partial charge in [0.05, 0.1) is 0 Å². The molecule has 2 N–H and O–H groups in total. The lowest BCUT2D eigenvalue weighted by molar-refractivity contribution is 0.0954. The van der Waals surface area contributed by atoms with Gasteiger partial charge in [0.25, 0.3) is 5.91 Å². The smallest absolute Gasteiger partial charge is 0.251 e. The van der Waals surface area contributed by atoms with Gasteiger partial charge in [-0.1, -0.05) is 12.1 Å². The molecule has 2 aromatic carbocycles. The van der Waals surface area contributed by atoms with Gasteiger partial charge in [0.15, 0.2) is 0 Å². The molecule has 0 unspecified atom stereocenters. The van der Waals surface area contributed by atoms with Gasteiger partial charge in [0.1, 0.15) is 5.75 Å². The zero-order chi connectivity index (χ0) is 17.5. The molecule has 0 saturated carbocycles. The molecule has 0 fully saturated rings. The van der Waals surface area contributed by atoms with Crippen LogP contribution in [0.25, 0.3) is 0 Å². The fourth-order valence-corrected chi connectivity index (χ4v) is 2.78. The summed E-state index contributed by atoms with van der Waals surface area (Å²) in [5.74, 6) is 0.175. The highest BCUT2D eigenvalue weighted by Gasteiger charge is 2.10. The molecule has 4 heteroatoms. The minimum absolute atomic E-state index is 0.0747. The largest absolute Gasteiger partial charge is 0.508 e. The SMILES string of the molecule is CCN(c1ccc(C(=O)NCCc2cccc(O)c2)cc1)C(C)C. The van der Waals surface area contributed by atoms with Crippen molar-refractivity contribution in [3.05, 3.63) is 59.7 Å². The van der Waals surface area contributed by atoms with Crippen molar-refractivity contribution in [3.8, 4) is 5.75 Å². The van der Waals surface area contributed by atoms with Crippen molar-refractivity contribution < 1.29 is 9.90 Å². The first-order chi connectivity index (χ1) is 11.5. The molecule has 1 amide bonds. The van der Waals surface area contributed by atoms with Crippen LogP contribution in [-0.4, -0.2) is 30.1 Å². The molecule has 24 heavy (non-hydrogen) atoms. The quantitative estimate of drug-likeness (QED) is 0.817. The summed E-state index contributed by atoms with van der Waals surface area (Å²) in [6.07, 6.45) is 0.690. The second kappa shape index (κ2) is 8.39. The Hall–Kier alpha value is -2.49. The van der Waals surface area contributed by atoms with E-state index in [0.29, 0.717) is 24.6 Å². The van der Waals surface area contributed by atoms with Crippen LogP contribution in [0.15, 0.2) is 48.5 Å². The van der Waals surface area contributed by atoms with E-state index in [1.165, 1.54) is 0 Å². The lowest BCUT2D eigenvalue weighted by Gasteiger charge is -2.27. The zero-order valence-electron chi connectivity index (χ0n) is 14.6. The normalized spacial score (nSPS) is 10.7. The zero-order valence-corrected chi connectivity index (χ0v) is 14.6. The summed E-state index contributed by atoms with van der Waals surface area (Å²) >= 11 is 0. The third-order valence-electron chi connectivity index (χ3n) is 4.03. The molecule has 0 atom stereocenters. The van der Waals surface area contributed by atoms with Crippen LogP contribution >= 0.6 is 0 Å². The molecule has 0 aliphatic carbocycles. The van der Waals surface area contributed by atoms with Gasteiger partial charge < -0.3 is 15.3 Å². The van der Waals surface area contributed by atoms with E-state index in [-0.39, 0.29) is 11.7 Å². The molecular weight excluding hydrogens is 300 g/mol. The van der Waals surface area contributed by atoms with Gasteiger partial charge >= 0.3 is 0 Å². The van der Waals surface area contributed by atoms with E-state index in [1.807, 2.05) is 30.3 Å². The van der Waals surface area contributed by atoms with E-state index in [0.717, 1.165) is 17.8 Å². The first-order valence-corrected chi connectivity index (χ1v) is 8.44. The number of nitrogens with one attached hydrogen (secondary N) is 1. The maximum atomic E-state index is 12.2. The van der Waals surface area contributed by atoms with Crippen molar-refractivity contribution in [2.45, 2.75) is 33.2 Å². The van der Waals surface area contributed by atoms with Crippen LogP contribution in [0, 0.1) is 0 Å². The monoisotopic (exact) mass is 326 g/mol. The van der Waals surface area contributed by atoms with Crippen LogP contribution in [0.3, 0.4) is 0 Å². The number of phenols is 1. The molecule has 0 radical (unpaired) electrons. The molecule has 0 spiro atoms. The topological polar surface area (TPSA) is 52.6 Å². The predicted molar refractivity (Wildman–Crippen MR) is 98.7 cm³/mol. The van der Waals surface area contributed by atoms with Crippen molar-refractivity contribution in [1.29, 1.82) is 0 Å². The number of hydrogen-bond acceptors (Lipinski definition) is 3. The Kier molecular flexibility index (Phi) is 6.24. The highest BCUT2D eigenvalue weighted by atomic mass is 16.3. The number of nitrogens with zero attached hydrogens (tertiary/aromatic N) is 1. The van der Waals surface area contributed by atoms with Gasteiger partial charge in [0.2, 0.25) is 0 Å². The minimum atomic E-state index is -0.0747. The van der Waals surface area contributed by atoms with E-state index >= 15 is 0 Å². The Morgan fingerprint density at radius 2 is 1.88 bits per heavy atom. The number of phenolic OH excluding ortho intramolecular Hbond substituents is 1. The number of benzene rings is 2. The standard InChI is InChI=1S/C20H26N2O2/c1-4-22(15(2)3)18-10-8-17(9-11-18)20(24)21-13-12-16-6-5-7-19(23)14-16/h5-11,14-15,23H,4,12-13H2,1-3H3,(H,21,24). The third kappa shape index (κ3) is 4.75. The molecule has 0 aliphatic rings. The van der Waals surface area contributed by atoms with Gasteiger partial charge in [0, 0.05) is 30.4 Å². The Bertz CT molecular complexity index is 666. The summed E-state index contributed by atoms with van der Waals surface area (Å²) in [6.45, 7) is 7.92. The molecular formula is C20H26N2O2. The molecule has 0 aliphatic heterocycles. The second-order valence-corrected chi connectivity index (χ2v) is 6.10. The molecule has 0 aromatic heterocycles.